The van der Waals surface area contributed by atoms with Crippen molar-refractivity contribution in [3.05, 3.63) is 105 Å². The molecular formula is C31H28N6O6. The average molecular weight is 581 g/mol. The highest BCUT2D eigenvalue weighted by Gasteiger charge is 2.31. The number of fused-ring (bicyclic) bond motifs is 1. The number of hydrogen-bond donors (Lipinski definition) is 4. The fourth-order valence-corrected chi connectivity index (χ4v) is 4.79. The molecule has 0 aromatic heterocycles. The molecule has 0 atom stereocenters. The minimum Gasteiger partial charge on any atom is -0.356 e. The zero-order valence-electron chi connectivity index (χ0n) is 23.4. The Kier molecular flexibility index (Phi) is 8.01. The van der Waals surface area contributed by atoms with E-state index in [1.54, 1.807) is 30.3 Å². The fourth-order valence-electron chi connectivity index (χ4n) is 4.79. The fraction of sp³-hybridized carbons (Fsp3) is 0.161. The minimum atomic E-state index is -0.508. The van der Waals surface area contributed by atoms with Crippen LogP contribution >= 0.6 is 0 Å². The van der Waals surface area contributed by atoms with Gasteiger partial charge in [0.15, 0.2) is 0 Å². The second-order valence-electron chi connectivity index (χ2n) is 10.1. The van der Waals surface area contributed by atoms with E-state index in [4.69, 9.17) is 0 Å². The van der Waals surface area contributed by atoms with Crippen molar-refractivity contribution >= 4 is 58.2 Å². The quantitative estimate of drug-likeness (QED) is 0.0973. The second kappa shape index (κ2) is 12.0. The third-order valence-corrected chi connectivity index (χ3v) is 7.04. The second-order valence-corrected chi connectivity index (χ2v) is 10.1. The van der Waals surface area contributed by atoms with E-state index < -0.39 is 22.8 Å². The Balaban J connectivity index is 1.48. The summed E-state index contributed by atoms with van der Waals surface area (Å²) in [7, 11) is 1.39. The Hall–Kier alpha value is -5.78. The molecule has 2 aliphatic rings. The number of nitro groups is 1. The number of nitrogens with one attached hydrogen (secondary N) is 4. The number of carbonyl (C=O) groups is 4. The van der Waals surface area contributed by atoms with Gasteiger partial charge in [0.05, 0.1) is 16.2 Å². The largest absolute Gasteiger partial charge is 0.356 e. The number of nitrogens with zero attached hydrogens (tertiary/aromatic N) is 2. The van der Waals surface area contributed by atoms with Gasteiger partial charge in [-0.2, -0.15) is 0 Å². The normalized spacial score (nSPS) is 16.1. The van der Waals surface area contributed by atoms with E-state index in [9.17, 15) is 29.3 Å². The SMILES string of the molecule is CC(=O)NCCCc1ccc(/C(Nc2ccc(/C=C3\NC(=O)N(C)C3=O)cc2)=C2/C(=O)Nc3ccc([N+](=O)[O-])cc32)cc1. The molecule has 0 radical (unpaired) electrons. The Morgan fingerprint density at radius 2 is 1.72 bits per heavy atom. The van der Waals surface area contributed by atoms with E-state index in [-0.39, 0.29) is 22.9 Å². The first kappa shape index (κ1) is 28.7. The highest BCUT2D eigenvalue weighted by atomic mass is 16.6. The number of non-ortho nitro benzene ring substituents is 1. The van der Waals surface area contributed by atoms with Crippen LogP contribution in [0.25, 0.3) is 17.3 Å². The van der Waals surface area contributed by atoms with Crippen LogP contribution in [0.4, 0.5) is 21.9 Å². The molecule has 4 N–H and O–H groups in total. The highest BCUT2D eigenvalue weighted by molar-refractivity contribution is 6.37. The van der Waals surface area contributed by atoms with E-state index in [1.807, 2.05) is 24.3 Å². The molecule has 0 unspecified atom stereocenters. The molecular weight excluding hydrogens is 552 g/mol. The Morgan fingerprint density at radius 3 is 2.35 bits per heavy atom. The molecule has 3 aromatic carbocycles. The number of amides is 5. The van der Waals surface area contributed by atoms with E-state index in [0.717, 1.165) is 23.3 Å². The Bertz CT molecular complexity index is 1710. The number of benzene rings is 3. The van der Waals surface area contributed by atoms with Gasteiger partial charge in [0.1, 0.15) is 5.70 Å². The summed E-state index contributed by atoms with van der Waals surface area (Å²) in [5, 5.41) is 22.9. The smallest absolute Gasteiger partial charge is 0.328 e. The molecule has 0 bridgehead atoms. The first-order chi connectivity index (χ1) is 20.6. The van der Waals surface area contributed by atoms with Crippen molar-refractivity contribution in [1.29, 1.82) is 0 Å². The molecule has 0 spiro atoms. The maximum Gasteiger partial charge on any atom is 0.328 e. The van der Waals surface area contributed by atoms with Crippen molar-refractivity contribution in [2.75, 3.05) is 24.2 Å². The number of urea groups is 1. The summed E-state index contributed by atoms with van der Waals surface area (Å²) in [6, 6.07) is 18.4. The average Bonchev–Trinajstić information content (AvgIpc) is 3.44. The van der Waals surface area contributed by atoms with Crippen molar-refractivity contribution in [2.24, 2.45) is 0 Å². The van der Waals surface area contributed by atoms with Crippen molar-refractivity contribution in [3.63, 3.8) is 0 Å². The van der Waals surface area contributed by atoms with Gasteiger partial charge in [-0.25, -0.2) is 4.79 Å². The van der Waals surface area contributed by atoms with Gasteiger partial charge in [-0.05, 0) is 53.8 Å². The molecule has 1 fully saturated rings. The van der Waals surface area contributed by atoms with Gasteiger partial charge in [-0.1, -0.05) is 36.4 Å². The summed E-state index contributed by atoms with van der Waals surface area (Å²) in [5.74, 6) is -0.916. The van der Waals surface area contributed by atoms with Gasteiger partial charge in [0, 0.05) is 49.6 Å². The van der Waals surface area contributed by atoms with Crippen LogP contribution in [0, 0.1) is 10.1 Å². The van der Waals surface area contributed by atoms with Crippen LogP contribution in [0.3, 0.4) is 0 Å². The lowest BCUT2D eigenvalue weighted by molar-refractivity contribution is -0.384. The zero-order valence-corrected chi connectivity index (χ0v) is 23.4. The van der Waals surface area contributed by atoms with Gasteiger partial charge in [-0.15, -0.1) is 0 Å². The summed E-state index contributed by atoms with van der Waals surface area (Å²) in [6.07, 6.45) is 3.07. The van der Waals surface area contributed by atoms with Gasteiger partial charge >= 0.3 is 6.03 Å². The lowest BCUT2D eigenvalue weighted by Crippen LogP contribution is -2.25. The van der Waals surface area contributed by atoms with Crippen LogP contribution in [0.1, 0.15) is 35.6 Å². The highest BCUT2D eigenvalue weighted by Crippen LogP contribution is 2.39. The summed E-state index contributed by atoms with van der Waals surface area (Å²) >= 11 is 0. The number of anilines is 2. The molecule has 2 aliphatic heterocycles. The summed E-state index contributed by atoms with van der Waals surface area (Å²) in [6.45, 7) is 2.04. The van der Waals surface area contributed by atoms with Crippen LogP contribution in [0.2, 0.25) is 0 Å². The number of nitro benzene ring substituents is 1. The van der Waals surface area contributed by atoms with Crippen molar-refractivity contribution in [1.82, 2.24) is 15.5 Å². The molecule has 0 aliphatic carbocycles. The number of hydrogen-bond acceptors (Lipinski definition) is 7. The molecule has 218 valence electrons. The van der Waals surface area contributed by atoms with E-state index in [0.29, 0.717) is 40.3 Å². The predicted octanol–water partition coefficient (Wildman–Crippen LogP) is 4.12. The molecule has 3 aromatic rings. The zero-order chi connectivity index (χ0) is 30.7. The van der Waals surface area contributed by atoms with Crippen LogP contribution in [-0.4, -0.2) is 47.2 Å². The summed E-state index contributed by atoms with van der Waals surface area (Å²) in [5.41, 5.74) is 4.61. The van der Waals surface area contributed by atoms with Crippen molar-refractivity contribution < 1.29 is 24.1 Å². The van der Waals surface area contributed by atoms with E-state index >= 15 is 0 Å². The van der Waals surface area contributed by atoms with Crippen molar-refractivity contribution in [2.45, 2.75) is 19.8 Å². The molecule has 0 saturated carbocycles. The number of carbonyl (C=O) groups excluding carboxylic acids is 4. The number of imide groups is 1. The first-order valence-electron chi connectivity index (χ1n) is 13.5. The van der Waals surface area contributed by atoms with Gasteiger partial charge in [-0.3, -0.25) is 29.4 Å². The summed E-state index contributed by atoms with van der Waals surface area (Å²) in [4.78, 5) is 60.3. The van der Waals surface area contributed by atoms with Gasteiger partial charge in [0.2, 0.25) is 5.91 Å². The third kappa shape index (κ3) is 6.27. The maximum atomic E-state index is 13.3. The lowest BCUT2D eigenvalue weighted by atomic mass is 9.98. The van der Waals surface area contributed by atoms with Crippen molar-refractivity contribution in [3.8, 4) is 0 Å². The molecule has 12 nitrogen and oxygen atoms in total. The van der Waals surface area contributed by atoms with Crippen LogP contribution < -0.4 is 21.3 Å². The minimum absolute atomic E-state index is 0.0795. The number of likely N-dealkylation sites (N-methyl/N-ethyl adjacent to an activating group) is 1. The van der Waals surface area contributed by atoms with E-state index in [1.165, 1.54) is 32.2 Å². The van der Waals surface area contributed by atoms with Crippen LogP contribution in [-0.2, 0) is 20.8 Å². The standard InChI is InChI=1S/C31H28N6O6/c1-18(38)32-15-3-4-19-5-9-21(10-6-19)28(27-24-17-23(37(42)43)13-14-25(24)34-29(27)39)33-22-11-7-20(8-12-22)16-26-30(40)36(2)31(41)35-26/h5-14,16-17,33H,3-4,15H2,1-2H3,(H,32,38)(H,34,39)(H,35,41)/b26-16-,28-27-. The monoisotopic (exact) mass is 580 g/mol. The molecule has 43 heavy (non-hydrogen) atoms. The Labute approximate surface area is 246 Å². The van der Waals surface area contributed by atoms with Gasteiger partial charge in [0.25, 0.3) is 17.5 Å². The number of rotatable bonds is 9. The predicted molar refractivity (Wildman–Crippen MR) is 161 cm³/mol. The van der Waals surface area contributed by atoms with E-state index in [2.05, 4.69) is 21.3 Å². The lowest BCUT2D eigenvalue weighted by Gasteiger charge is -2.16. The molecule has 1 saturated heterocycles. The number of aryl methyl sites for hydroxylation is 1. The van der Waals surface area contributed by atoms with Gasteiger partial charge < -0.3 is 21.3 Å². The topological polar surface area (TPSA) is 163 Å². The third-order valence-electron chi connectivity index (χ3n) is 7.04. The molecule has 5 amide bonds. The first-order valence-corrected chi connectivity index (χ1v) is 13.5. The maximum absolute atomic E-state index is 13.3. The molecule has 5 rings (SSSR count). The van der Waals surface area contributed by atoms with Crippen LogP contribution in [0.5, 0.6) is 0 Å². The summed E-state index contributed by atoms with van der Waals surface area (Å²) < 4.78 is 0. The molecule has 12 heteroatoms. The molecule has 2 heterocycles. The van der Waals surface area contributed by atoms with Crippen LogP contribution in [0.15, 0.2) is 72.4 Å². The Morgan fingerprint density at radius 1 is 1.00 bits per heavy atom.